The van der Waals surface area contributed by atoms with Gasteiger partial charge in [-0.1, -0.05) is 15.9 Å². The Morgan fingerprint density at radius 3 is 2.75 bits per heavy atom. The number of methoxy groups -OCH3 is 2. The van der Waals surface area contributed by atoms with Gasteiger partial charge in [-0.3, -0.25) is 4.98 Å². The minimum absolute atomic E-state index is 0.124. The van der Waals surface area contributed by atoms with Gasteiger partial charge in [0, 0.05) is 27.2 Å². The van der Waals surface area contributed by atoms with E-state index in [0.717, 1.165) is 15.7 Å². The maximum Gasteiger partial charge on any atom is 0.211 e. The van der Waals surface area contributed by atoms with Gasteiger partial charge in [0.1, 0.15) is 17.2 Å². The summed E-state index contributed by atoms with van der Waals surface area (Å²) in [6.45, 7) is 0. The standard InChI is InChI=1S/C23H19BrN4O3S/c1-30-18-6-8-22(31-2)19(11-18)20-14-32-23(27-17-4-3-9-25-13-17)28(20)26-12-15-10-16(24)5-7-21(15)29/h3-14,29H,1-2H3. The van der Waals surface area contributed by atoms with E-state index in [4.69, 9.17) is 14.5 Å². The lowest BCUT2D eigenvalue weighted by Gasteiger charge is -2.11. The van der Waals surface area contributed by atoms with E-state index in [1.165, 1.54) is 11.3 Å². The SMILES string of the molecule is COc1ccc(OC)c(-c2csc(=Nc3cccnc3)n2N=Cc2cc(Br)ccc2O)c1. The van der Waals surface area contributed by atoms with Crippen LogP contribution in [-0.2, 0) is 0 Å². The summed E-state index contributed by atoms with van der Waals surface area (Å²) in [4.78, 5) is 9.46. The van der Waals surface area contributed by atoms with Crippen LogP contribution in [0.5, 0.6) is 17.2 Å². The number of halogens is 1. The summed E-state index contributed by atoms with van der Waals surface area (Å²) in [7, 11) is 3.23. The average molecular weight is 511 g/mol. The molecule has 4 aromatic rings. The topological polar surface area (TPSA) is 81.2 Å². The highest BCUT2D eigenvalue weighted by atomic mass is 79.9. The Hall–Kier alpha value is -3.43. The first kappa shape index (κ1) is 21.8. The number of pyridine rings is 1. The number of benzene rings is 2. The summed E-state index contributed by atoms with van der Waals surface area (Å²) in [5, 5.41) is 16.8. The molecule has 0 aliphatic carbocycles. The first-order valence-electron chi connectivity index (χ1n) is 9.49. The summed E-state index contributed by atoms with van der Waals surface area (Å²) in [6.07, 6.45) is 4.97. The van der Waals surface area contributed by atoms with E-state index in [9.17, 15) is 5.11 Å². The molecular weight excluding hydrogens is 492 g/mol. The highest BCUT2D eigenvalue weighted by molar-refractivity contribution is 9.10. The fourth-order valence-corrected chi connectivity index (χ4v) is 4.19. The van der Waals surface area contributed by atoms with Crippen LogP contribution in [0, 0.1) is 0 Å². The molecule has 2 aromatic carbocycles. The normalized spacial score (nSPS) is 11.8. The van der Waals surface area contributed by atoms with Gasteiger partial charge in [0.15, 0.2) is 0 Å². The van der Waals surface area contributed by atoms with Gasteiger partial charge in [-0.2, -0.15) is 5.10 Å². The molecule has 0 saturated heterocycles. The lowest BCUT2D eigenvalue weighted by atomic mass is 10.1. The molecule has 0 unspecified atom stereocenters. The average Bonchev–Trinajstić information content (AvgIpc) is 3.21. The van der Waals surface area contributed by atoms with E-state index in [1.807, 2.05) is 35.7 Å². The summed E-state index contributed by atoms with van der Waals surface area (Å²) in [5.74, 6) is 1.49. The number of aromatic nitrogens is 2. The van der Waals surface area contributed by atoms with Gasteiger partial charge in [-0.25, -0.2) is 9.67 Å². The first-order valence-corrected chi connectivity index (χ1v) is 11.2. The van der Waals surface area contributed by atoms with Gasteiger partial charge in [0.05, 0.1) is 38.0 Å². The van der Waals surface area contributed by atoms with Crippen molar-refractivity contribution in [3.63, 3.8) is 0 Å². The van der Waals surface area contributed by atoms with E-state index >= 15 is 0 Å². The zero-order valence-electron chi connectivity index (χ0n) is 17.3. The Balaban J connectivity index is 1.92. The van der Waals surface area contributed by atoms with Crippen LogP contribution < -0.4 is 14.3 Å². The molecule has 9 heteroatoms. The molecule has 0 saturated carbocycles. The molecule has 7 nitrogen and oxygen atoms in total. The van der Waals surface area contributed by atoms with Gasteiger partial charge in [0.2, 0.25) is 4.80 Å². The van der Waals surface area contributed by atoms with Gasteiger partial charge >= 0.3 is 0 Å². The molecular formula is C23H19BrN4O3S. The molecule has 1 N–H and O–H groups in total. The van der Waals surface area contributed by atoms with Crippen molar-refractivity contribution in [2.24, 2.45) is 10.1 Å². The second-order valence-electron chi connectivity index (χ2n) is 6.55. The molecule has 2 aromatic heterocycles. The van der Waals surface area contributed by atoms with Crippen molar-refractivity contribution >= 4 is 39.2 Å². The van der Waals surface area contributed by atoms with Crippen molar-refractivity contribution in [3.8, 4) is 28.5 Å². The van der Waals surface area contributed by atoms with Crippen molar-refractivity contribution in [3.05, 3.63) is 81.1 Å². The number of phenols is 1. The second-order valence-corrected chi connectivity index (χ2v) is 8.30. The Kier molecular flexibility index (Phi) is 6.67. The molecule has 4 rings (SSSR count). The smallest absolute Gasteiger partial charge is 0.211 e. The molecule has 0 aliphatic heterocycles. The van der Waals surface area contributed by atoms with Crippen LogP contribution in [0.4, 0.5) is 5.69 Å². The van der Waals surface area contributed by atoms with Crippen LogP contribution in [-0.4, -0.2) is 35.2 Å². The number of ether oxygens (including phenoxy) is 2. The van der Waals surface area contributed by atoms with E-state index in [-0.39, 0.29) is 5.75 Å². The number of nitrogens with zero attached hydrogens (tertiary/aromatic N) is 4. The maximum absolute atomic E-state index is 10.2. The second kappa shape index (κ2) is 9.80. The minimum Gasteiger partial charge on any atom is -0.507 e. The highest BCUT2D eigenvalue weighted by Gasteiger charge is 2.14. The first-order chi connectivity index (χ1) is 15.6. The van der Waals surface area contributed by atoms with Crippen molar-refractivity contribution in [2.45, 2.75) is 0 Å². The Bertz CT molecular complexity index is 1330. The number of hydrogen-bond acceptors (Lipinski definition) is 7. The third kappa shape index (κ3) is 4.74. The molecule has 0 fully saturated rings. The van der Waals surface area contributed by atoms with Crippen molar-refractivity contribution in [1.82, 2.24) is 9.66 Å². The fourth-order valence-electron chi connectivity index (χ4n) is 2.97. The summed E-state index contributed by atoms with van der Waals surface area (Å²) in [6, 6.07) is 14.4. The van der Waals surface area contributed by atoms with E-state index in [1.54, 1.807) is 55.7 Å². The summed E-state index contributed by atoms with van der Waals surface area (Å²) in [5.41, 5.74) is 2.83. The Morgan fingerprint density at radius 1 is 1.12 bits per heavy atom. The quantitative estimate of drug-likeness (QED) is 0.361. The molecule has 32 heavy (non-hydrogen) atoms. The predicted octanol–water partition coefficient (Wildman–Crippen LogP) is 5.21. The largest absolute Gasteiger partial charge is 0.507 e. The monoisotopic (exact) mass is 510 g/mol. The Labute approximate surface area is 197 Å². The van der Waals surface area contributed by atoms with Crippen LogP contribution >= 0.6 is 27.3 Å². The van der Waals surface area contributed by atoms with E-state index in [2.05, 4.69) is 26.0 Å². The zero-order valence-corrected chi connectivity index (χ0v) is 19.7. The molecule has 0 radical (unpaired) electrons. The third-order valence-corrected chi connectivity index (χ3v) is 5.85. The van der Waals surface area contributed by atoms with E-state index < -0.39 is 0 Å². The van der Waals surface area contributed by atoms with E-state index in [0.29, 0.717) is 27.6 Å². The van der Waals surface area contributed by atoms with Crippen molar-refractivity contribution in [2.75, 3.05) is 14.2 Å². The number of thiazole rings is 1. The number of phenolic OH excluding ortho intramolecular Hbond substituents is 1. The highest BCUT2D eigenvalue weighted by Crippen LogP contribution is 2.34. The van der Waals surface area contributed by atoms with Gasteiger partial charge < -0.3 is 14.6 Å². The minimum atomic E-state index is 0.124. The van der Waals surface area contributed by atoms with Gasteiger partial charge in [-0.15, -0.1) is 11.3 Å². The lowest BCUT2D eigenvalue weighted by molar-refractivity contribution is 0.404. The van der Waals surface area contributed by atoms with Crippen LogP contribution in [0.1, 0.15) is 5.56 Å². The number of rotatable bonds is 6. The molecule has 2 heterocycles. The molecule has 0 amide bonds. The fraction of sp³-hybridized carbons (Fsp3) is 0.0870. The zero-order chi connectivity index (χ0) is 22.5. The summed E-state index contributed by atoms with van der Waals surface area (Å²) >= 11 is 4.85. The maximum atomic E-state index is 10.2. The summed E-state index contributed by atoms with van der Waals surface area (Å²) < 4.78 is 13.5. The van der Waals surface area contributed by atoms with Crippen LogP contribution in [0.3, 0.4) is 0 Å². The van der Waals surface area contributed by atoms with Crippen molar-refractivity contribution < 1.29 is 14.6 Å². The molecule has 0 spiro atoms. The molecule has 0 atom stereocenters. The molecule has 0 bridgehead atoms. The van der Waals surface area contributed by atoms with Crippen molar-refractivity contribution in [1.29, 1.82) is 0 Å². The van der Waals surface area contributed by atoms with Crippen LogP contribution in [0.25, 0.3) is 11.3 Å². The number of hydrogen-bond donors (Lipinski definition) is 1. The Morgan fingerprint density at radius 2 is 2.00 bits per heavy atom. The molecule has 0 aliphatic rings. The lowest BCUT2D eigenvalue weighted by Crippen LogP contribution is -2.12. The van der Waals surface area contributed by atoms with Crippen LogP contribution in [0.15, 0.2) is 80.9 Å². The third-order valence-electron chi connectivity index (χ3n) is 4.54. The van der Waals surface area contributed by atoms with Gasteiger partial charge in [-0.05, 0) is 48.5 Å². The van der Waals surface area contributed by atoms with Crippen LogP contribution in [0.2, 0.25) is 0 Å². The predicted molar refractivity (Wildman–Crippen MR) is 129 cm³/mol. The molecule has 162 valence electrons. The number of aromatic hydroxyl groups is 1. The van der Waals surface area contributed by atoms with Gasteiger partial charge in [0.25, 0.3) is 0 Å².